The maximum Gasteiger partial charge on any atom is 0.323 e. The molecule has 0 atom stereocenters. The summed E-state index contributed by atoms with van der Waals surface area (Å²) in [5.74, 6) is -0.921. The van der Waals surface area contributed by atoms with E-state index >= 15 is 0 Å². The number of imidazole rings is 1. The van der Waals surface area contributed by atoms with Crippen molar-refractivity contribution in [2.75, 3.05) is 18.1 Å². The molecule has 0 unspecified atom stereocenters. The molecule has 6 aromatic heterocycles. The number of fused-ring (bicyclic) bond motifs is 1. The molecule has 25 nitrogen and oxygen atoms in total. The van der Waals surface area contributed by atoms with Crippen molar-refractivity contribution < 1.29 is 32.4 Å². The second-order valence-electron chi connectivity index (χ2n) is 24.2. The predicted octanol–water partition coefficient (Wildman–Crippen LogP) is 12.0. The molecule has 0 bridgehead atoms. The maximum absolute atomic E-state index is 11.6. The van der Waals surface area contributed by atoms with Gasteiger partial charge in [-0.15, -0.1) is 0 Å². The topological polar surface area (TPSA) is 436 Å². The van der Waals surface area contributed by atoms with Crippen molar-refractivity contribution in [3.63, 3.8) is 0 Å². The molecule has 0 fully saturated rings. The summed E-state index contributed by atoms with van der Waals surface area (Å²) in [5.41, 5.74) is 50.1. The summed E-state index contributed by atoms with van der Waals surface area (Å²) >= 11 is 0. The number of amides is 6. The van der Waals surface area contributed by atoms with Crippen LogP contribution in [0.3, 0.4) is 0 Å². The Labute approximate surface area is 617 Å². The number of carbonyl (C=O) groups excluding carboxylic acids is 5. The van der Waals surface area contributed by atoms with Gasteiger partial charge in [-0.05, 0) is 170 Å². The van der Waals surface area contributed by atoms with E-state index in [-0.39, 0.29) is 54.6 Å². The maximum atomic E-state index is 11.6. The highest BCUT2D eigenvalue weighted by Crippen LogP contribution is 2.35. The minimum atomic E-state index is -2.61. The minimum absolute atomic E-state index is 0.233. The molecular formula is C81H77N17O8S. The summed E-state index contributed by atoms with van der Waals surface area (Å²) in [6.45, 7) is 2.08. The molecule has 6 amide bonds. The van der Waals surface area contributed by atoms with Gasteiger partial charge in [-0.3, -0.25) is 44.1 Å². The number of hydrogen-bond acceptors (Lipinski definition) is 17. The molecule has 540 valence electrons. The SMILES string of the molecule is CNC(=O)Nc1cccc(-c2ccc(-c3cccnc3)cc2CCC(N)=O)c1.Cc1cccc(-c2ccc(-c3cccnc3)cc2CCC(N)=O)c1.N=S(=O)=O.NC(=O)CCc1cc(-c2cccnc2)ccc1-c1ccc2[nH]c(=O)[nH]c2c1.NC(=O)CCc1cc(-c2cnccn2)ccc1-c1cc(N)ncn1. The number of H-pyrrole nitrogens is 2. The monoisotopic (exact) mass is 1450 g/mol. The lowest BCUT2D eigenvalue weighted by Crippen LogP contribution is -2.24. The number of aryl methyl sites for hydroxylation is 5. The summed E-state index contributed by atoms with van der Waals surface area (Å²) in [6.07, 6.45) is 20.4. The first-order chi connectivity index (χ1) is 51.7. The molecule has 6 heterocycles. The third-order valence-corrected chi connectivity index (χ3v) is 16.6. The third kappa shape index (κ3) is 23.3. The Hall–Kier alpha value is -14.0. The number of carbonyl (C=O) groups is 5. The molecule has 0 aliphatic carbocycles. The highest BCUT2D eigenvalue weighted by Gasteiger charge is 2.16. The Bertz CT molecular complexity index is 5290. The van der Waals surface area contributed by atoms with Crippen LogP contribution in [0.1, 0.15) is 53.5 Å². The molecule has 0 aliphatic heterocycles. The van der Waals surface area contributed by atoms with Gasteiger partial charge in [0.05, 0.1) is 28.6 Å². The fourth-order valence-electron chi connectivity index (χ4n) is 11.6. The van der Waals surface area contributed by atoms with Crippen LogP contribution in [0.25, 0.3) is 100 Å². The number of primary amides is 4. The van der Waals surface area contributed by atoms with E-state index in [1.165, 1.54) is 11.9 Å². The Kier molecular flexibility index (Phi) is 27.6. The average Bonchev–Trinajstić information content (AvgIpc) is 1.76. The lowest BCUT2D eigenvalue weighted by molar-refractivity contribution is -0.118. The molecule has 0 aliphatic rings. The second kappa shape index (κ2) is 38.3. The number of urea groups is 1. The Morgan fingerprint density at radius 1 is 0.421 bits per heavy atom. The molecule has 26 heteroatoms. The van der Waals surface area contributed by atoms with Crippen LogP contribution in [0, 0.1) is 11.7 Å². The Morgan fingerprint density at radius 3 is 1.29 bits per heavy atom. The quantitative estimate of drug-likeness (QED) is 0.0319. The highest BCUT2D eigenvalue weighted by molar-refractivity contribution is 7.60. The van der Waals surface area contributed by atoms with Crippen LogP contribution in [-0.2, 0) is 55.4 Å². The number of benzene rings is 7. The fraction of sp³-hybridized carbons (Fsp3) is 0.123. The third-order valence-electron chi connectivity index (χ3n) is 16.6. The lowest BCUT2D eigenvalue weighted by atomic mass is 9.92. The number of hydrogen-bond donors (Lipinski definition) is 10. The van der Waals surface area contributed by atoms with Crippen LogP contribution in [0.2, 0.25) is 0 Å². The van der Waals surface area contributed by atoms with E-state index in [2.05, 4.69) is 117 Å². The Balaban J connectivity index is 0.000000162. The van der Waals surface area contributed by atoms with Gasteiger partial charge in [-0.1, -0.05) is 133 Å². The first-order valence-electron chi connectivity index (χ1n) is 33.6. The minimum Gasteiger partial charge on any atom is -0.384 e. The van der Waals surface area contributed by atoms with Gasteiger partial charge in [-0.2, -0.15) is 13.2 Å². The molecule has 15 N–H and O–H groups in total. The van der Waals surface area contributed by atoms with Gasteiger partial charge < -0.3 is 49.3 Å². The summed E-state index contributed by atoms with van der Waals surface area (Å²) in [6, 6.07) is 59.3. The van der Waals surface area contributed by atoms with Crippen molar-refractivity contribution in [3.8, 4) is 89.3 Å². The number of aromatic nitrogens is 9. The van der Waals surface area contributed by atoms with Gasteiger partial charge in [0.15, 0.2) is 0 Å². The van der Waals surface area contributed by atoms with Crippen LogP contribution in [0.4, 0.5) is 16.3 Å². The van der Waals surface area contributed by atoms with E-state index in [1.807, 2.05) is 134 Å². The number of pyridine rings is 3. The van der Waals surface area contributed by atoms with Gasteiger partial charge in [0.1, 0.15) is 12.1 Å². The number of rotatable bonds is 21. The zero-order chi connectivity index (χ0) is 76.2. The van der Waals surface area contributed by atoms with Gasteiger partial charge in [-0.25, -0.2) is 19.6 Å². The zero-order valence-electron chi connectivity index (χ0n) is 58.4. The first-order valence-corrected chi connectivity index (χ1v) is 34.6. The van der Waals surface area contributed by atoms with Crippen LogP contribution in [-0.4, -0.2) is 90.0 Å². The predicted molar refractivity (Wildman–Crippen MR) is 415 cm³/mol. The van der Waals surface area contributed by atoms with Crippen molar-refractivity contribution in [1.82, 2.24) is 50.2 Å². The van der Waals surface area contributed by atoms with Gasteiger partial charge in [0.25, 0.3) is 0 Å². The number of nitrogen functional groups attached to an aromatic ring is 1. The van der Waals surface area contributed by atoms with E-state index in [4.69, 9.17) is 41.9 Å². The van der Waals surface area contributed by atoms with E-state index in [1.54, 1.807) is 56.5 Å². The van der Waals surface area contributed by atoms with Gasteiger partial charge in [0, 0.05) is 105 Å². The highest BCUT2D eigenvalue weighted by atomic mass is 32.2. The standard InChI is InChI=1S/C22H22N4O2.C21H18N4O2.C21H20N2O.C17H16N6O.HNO2S/c1-24-22(28)26-19-6-2-4-16(13-19)20-9-7-15(18-5-3-11-25-14-18)12-17(20)8-10-21(23)27;22-20(26)8-5-14-10-13(16-2-1-9-23-12-16)3-6-17(14)15-4-7-18-19(11-15)25-21(27)24-18;1-15-4-2-5-17(12-15)20-9-7-16(19-6-3-11-23-14-19)13-18(20)8-10-21(22)24;18-16-8-14(22-10-23-16)13-3-1-12(15-9-20-5-6-21-15)7-11(13)2-4-17(19)24;1-4(2)3/h2-7,9,11-14H,8,10H2,1H3,(H2,23,27)(H2,24,26,28);1-4,6-7,9-12H,5,8H2,(H2,22,26)(H2,24,25,27);2-7,9,11-14H,8,10H2,1H3,(H2,22,24);1,3,5-10H,2,4H2,(H2,19,24)(H2,18,22,23);1H. The summed E-state index contributed by atoms with van der Waals surface area (Å²) in [4.78, 5) is 103. The number of anilines is 2. The fourth-order valence-corrected chi connectivity index (χ4v) is 11.6. The van der Waals surface area contributed by atoms with Crippen molar-refractivity contribution in [1.29, 1.82) is 4.78 Å². The average molecular weight is 1450 g/mol. The van der Waals surface area contributed by atoms with Gasteiger partial charge in [0.2, 0.25) is 23.6 Å². The van der Waals surface area contributed by atoms with Crippen molar-refractivity contribution >= 4 is 62.7 Å². The molecule has 0 spiro atoms. The summed E-state index contributed by atoms with van der Waals surface area (Å²) in [5, 5.41) is 5.31. The molecule has 0 radical (unpaired) electrons. The van der Waals surface area contributed by atoms with E-state index in [9.17, 15) is 28.8 Å². The molecule has 7 aromatic carbocycles. The molecule has 0 saturated heterocycles. The Morgan fingerprint density at radius 2 is 0.841 bits per heavy atom. The number of nitrogens with two attached hydrogens (primary N) is 5. The van der Waals surface area contributed by atoms with Crippen LogP contribution in [0.15, 0.2) is 249 Å². The van der Waals surface area contributed by atoms with Crippen molar-refractivity contribution in [2.24, 2.45) is 22.9 Å². The number of nitrogens with zero attached hydrogens (tertiary/aromatic N) is 7. The van der Waals surface area contributed by atoms with Crippen LogP contribution in [0.5, 0.6) is 0 Å². The van der Waals surface area contributed by atoms with Crippen LogP contribution < -0.4 is 45.0 Å². The largest absolute Gasteiger partial charge is 0.384 e. The van der Waals surface area contributed by atoms with Crippen molar-refractivity contribution in [2.45, 2.75) is 58.3 Å². The summed E-state index contributed by atoms with van der Waals surface area (Å²) < 4.78 is 22.8. The summed E-state index contributed by atoms with van der Waals surface area (Å²) in [7, 11) is -1.04. The lowest BCUT2D eigenvalue weighted by Gasteiger charge is -2.13. The molecule has 13 aromatic rings. The molecule has 13 rings (SSSR count). The van der Waals surface area contributed by atoms with E-state index in [0.29, 0.717) is 49.3 Å². The zero-order valence-corrected chi connectivity index (χ0v) is 59.3. The second-order valence-corrected chi connectivity index (χ2v) is 24.7. The molecule has 0 saturated carbocycles. The molecular weight excluding hydrogens is 1370 g/mol. The van der Waals surface area contributed by atoms with E-state index in [0.717, 1.165) is 117 Å². The molecule has 107 heavy (non-hydrogen) atoms. The van der Waals surface area contributed by atoms with Gasteiger partial charge >= 0.3 is 22.2 Å². The van der Waals surface area contributed by atoms with Crippen molar-refractivity contribution in [3.05, 3.63) is 282 Å². The van der Waals surface area contributed by atoms with Crippen LogP contribution >= 0.6 is 0 Å². The number of aromatic amines is 2. The normalized spacial score (nSPS) is 10.4. The number of nitrogens with one attached hydrogen (secondary N) is 5. The first kappa shape index (κ1) is 77.2. The van der Waals surface area contributed by atoms with E-state index < -0.39 is 10.5 Å². The smallest absolute Gasteiger partial charge is 0.323 e.